The number of nitrogens with zero attached hydrogens (tertiary/aromatic N) is 3. The van der Waals surface area contributed by atoms with Gasteiger partial charge < -0.3 is 24.2 Å². The van der Waals surface area contributed by atoms with Crippen LogP contribution in [0.4, 0.5) is 0 Å². The Bertz CT molecular complexity index is 3960. The number of ketones is 6. The topological polar surface area (TPSA) is 275 Å². The van der Waals surface area contributed by atoms with E-state index in [0.29, 0.717) is 38.3 Å². The Hall–Kier alpha value is -6.09. The molecule has 19 nitrogen and oxygen atoms in total. The number of benzene rings is 2. The van der Waals surface area contributed by atoms with E-state index in [-0.39, 0.29) is 140 Å². The Balaban J connectivity index is 0.000000203. The second-order valence-corrected chi connectivity index (χ2v) is 42.7. The molecule has 9 fully saturated rings. The van der Waals surface area contributed by atoms with Gasteiger partial charge in [0.1, 0.15) is 6.29 Å². The van der Waals surface area contributed by atoms with Gasteiger partial charge in [-0.15, -0.1) is 0 Å². The number of aryl methyl sites for hydroxylation is 2. The van der Waals surface area contributed by atoms with Crippen LogP contribution >= 0.6 is 0 Å². The summed E-state index contributed by atoms with van der Waals surface area (Å²) in [7, 11) is -7.45. The molecule has 2 aromatic carbocycles. The molecule has 6 saturated heterocycles. The van der Waals surface area contributed by atoms with Gasteiger partial charge in [0.15, 0.2) is 54.7 Å². The molecule has 3 aliphatic carbocycles. The Kier molecular flexibility index (Phi) is 33.3. The first-order valence-corrected chi connectivity index (χ1v) is 48.1. The number of piperidine rings is 3. The van der Waals surface area contributed by atoms with Crippen LogP contribution in [0.5, 0.6) is 0 Å². The van der Waals surface area contributed by atoms with Crippen LogP contribution in [0.3, 0.4) is 0 Å². The van der Waals surface area contributed by atoms with Crippen LogP contribution in [0.2, 0.25) is 0 Å². The molecule has 21 heteroatoms. The summed E-state index contributed by atoms with van der Waals surface area (Å²) in [5.74, 6) is -3.64. The number of esters is 1. The number of hydrogen-bond acceptors (Lipinski definition) is 16. The Labute approximate surface area is 689 Å². The van der Waals surface area contributed by atoms with E-state index in [1.165, 1.54) is 63.3 Å². The first kappa shape index (κ1) is 92.8. The minimum atomic E-state index is -3.74. The quantitative estimate of drug-likeness (QED) is 0.0965. The molecule has 0 spiro atoms. The number of fused-ring (bicyclic) bond motifs is 9. The van der Waals surface area contributed by atoms with Crippen LogP contribution in [-0.2, 0) is 77.2 Å². The van der Waals surface area contributed by atoms with E-state index in [2.05, 4.69) is 41.5 Å². The molecule has 9 aliphatic rings. The fourth-order valence-electron chi connectivity index (χ4n) is 20.9. The molecule has 0 bridgehead atoms. The summed E-state index contributed by atoms with van der Waals surface area (Å²) in [5.41, 5.74) is 1.94. The first-order chi connectivity index (χ1) is 54.5. The summed E-state index contributed by atoms with van der Waals surface area (Å²) in [6, 6.07) is 11.5. The highest BCUT2D eigenvalue weighted by Crippen LogP contribution is 2.67. The largest absolute Gasteiger partial charge is 0.454 e. The second kappa shape index (κ2) is 41.3. The molecule has 6 aliphatic heterocycles. The van der Waals surface area contributed by atoms with Crippen molar-refractivity contribution >= 4 is 84.4 Å². The normalized spacial score (nSPS) is 31.2. The molecule has 7 unspecified atom stereocenters. The molecule has 2 aromatic rings. The molecular weight excluding hydrogens is 1490 g/mol. The van der Waals surface area contributed by atoms with Gasteiger partial charge in [0, 0.05) is 94.2 Å². The van der Waals surface area contributed by atoms with Crippen molar-refractivity contribution < 1.29 is 74.3 Å². The molecule has 0 radical (unpaired) electrons. The fraction of sp³-hybridized carbons (Fsp3) is 0.755. The number of Topliss-reactive ketones (excluding diaryl/α,β-unsaturated/α-hetero) is 6. The van der Waals surface area contributed by atoms with Crippen LogP contribution in [0.1, 0.15) is 305 Å². The van der Waals surface area contributed by atoms with Gasteiger partial charge >= 0.3 is 5.97 Å². The van der Waals surface area contributed by atoms with E-state index in [0.717, 1.165) is 172 Å². The third kappa shape index (κ3) is 23.9. The molecule has 115 heavy (non-hydrogen) atoms. The Morgan fingerprint density at radius 1 is 0.435 bits per heavy atom. The molecular formula is C94H141N3O16S2. The van der Waals surface area contributed by atoms with E-state index in [1.807, 2.05) is 39.5 Å². The van der Waals surface area contributed by atoms with E-state index in [4.69, 9.17) is 4.74 Å². The van der Waals surface area contributed by atoms with Gasteiger partial charge in [-0.1, -0.05) is 252 Å². The number of amides is 3. The fourth-order valence-corrected chi connectivity index (χ4v) is 23.4. The minimum Gasteiger partial charge on any atom is -0.454 e. The van der Waals surface area contributed by atoms with Crippen LogP contribution in [-0.4, -0.2) is 152 Å². The summed E-state index contributed by atoms with van der Waals surface area (Å²) < 4.78 is 57.4. The predicted molar refractivity (Wildman–Crippen MR) is 446 cm³/mol. The van der Waals surface area contributed by atoms with Gasteiger partial charge in [0.2, 0.25) is 23.5 Å². The zero-order valence-corrected chi connectivity index (χ0v) is 73.5. The highest BCUT2D eigenvalue weighted by molar-refractivity contribution is 7.91. The zero-order valence-electron chi connectivity index (χ0n) is 71.9. The number of carbonyl (C=O) groups excluding carboxylic acids is 11. The van der Waals surface area contributed by atoms with E-state index >= 15 is 0 Å². The third-order valence-electron chi connectivity index (χ3n) is 28.8. The van der Waals surface area contributed by atoms with Gasteiger partial charge in [-0.25, -0.2) is 16.8 Å². The molecule has 640 valence electrons. The smallest absolute Gasteiger partial charge is 0.303 e. The number of rotatable bonds is 14. The number of sulfone groups is 2. The standard InChI is InChI=1S/C36H53NO7S.C34H49NO6S.C24H39NO3/c1-24-16-18-28(19-17-24)45(42,43)21-20-30(39)34(44-26(3)38)27-15-13-11-9-7-6-8-10-12-14-25(2)35(41)37-23-29-32(36(29,4)5)33(37)31(40)22-27;1-23-15-17-26(18-16-23)42(40,41)20-19-28(36)32(38)25-14-12-10-8-6-5-7-9-11-13-24(2)33(39)35-22-27-30(34(27,3)4)31(35)29(37)21-25;1-17-12-10-8-6-4-5-7-9-11-13-18(16-26)14-20(27)22-21-19(24(21,2)3)15-25(22)23(17)28/h16-19,25,27,29,32-34H,6-15,20-23H2,1-5H3;15-18,24-25,27,30-31H,5-14,19-22H2,1-4H3;16-19,21-22H,4-15H2,1-3H3/t25-,27+,29?,32?,33+,34?;24-,25+,27?,30?,31+;17-,18+,19?,21?,22+/m000/s1. The summed E-state index contributed by atoms with van der Waals surface area (Å²) in [6.07, 6.45) is 29.5. The highest BCUT2D eigenvalue weighted by atomic mass is 32.2. The van der Waals surface area contributed by atoms with E-state index in [1.54, 1.807) is 34.1 Å². The van der Waals surface area contributed by atoms with Gasteiger partial charge in [-0.05, 0) is 128 Å². The van der Waals surface area contributed by atoms with Gasteiger partial charge in [-0.3, -0.25) is 47.9 Å². The van der Waals surface area contributed by atoms with Crippen LogP contribution in [0.15, 0.2) is 58.3 Å². The second-order valence-electron chi connectivity index (χ2n) is 38.5. The van der Waals surface area contributed by atoms with Crippen LogP contribution < -0.4 is 0 Å². The van der Waals surface area contributed by atoms with E-state index < -0.39 is 90.9 Å². The van der Waals surface area contributed by atoms with Crippen LogP contribution in [0, 0.1) is 101 Å². The van der Waals surface area contributed by atoms with Crippen molar-refractivity contribution in [3.8, 4) is 0 Å². The van der Waals surface area contributed by atoms with Crippen molar-refractivity contribution in [3.05, 3.63) is 59.7 Å². The molecule has 3 amide bonds. The molecule has 0 aromatic heterocycles. The van der Waals surface area contributed by atoms with Crippen molar-refractivity contribution in [1.29, 1.82) is 0 Å². The van der Waals surface area contributed by atoms with Crippen molar-refractivity contribution in [2.45, 2.75) is 342 Å². The molecule has 3 saturated carbocycles. The number of hydrogen-bond donors (Lipinski definition) is 0. The van der Waals surface area contributed by atoms with Crippen molar-refractivity contribution in [3.63, 3.8) is 0 Å². The molecule has 0 N–H and O–H groups in total. The molecule has 16 atom stereocenters. The monoisotopic (exact) mass is 1630 g/mol. The first-order valence-electron chi connectivity index (χ1n) is 44.8. The number of carbonyl (C=O) groups is 11. The summed E-state index contributed by atoms with van der Waals surface area (Å²) in [4.78, 5) is 152. The van der Waals surface area contributed by atoms with Crippen LogP contribution in [0.25, 0.3) is 0 Å². The van der Waals surface area contributed by atoms with E-state index in [9.17, 15) is 69.6 Å². The molecule has 11 rings (SSSR count). The van der Waals surface area contributed by atoms with Crippen molar-refractivity contribution in [2.75, 3.05) is 31.1 Å². The average molecular weight is 1630 g/mol. The predicted octanol–water partition coefficient (Wildman–Crippen LogP) is 17.0. The molecule has 6 heterocycles. The Morgan fingerprint density at radius 3 is 1.10 bits per heavy atom. The third-order valence-corrected chi connectivity index (χ3v) is 32.3. The minimum absolute atomic E-state index is 0.00605. The van der Waals surface area contributed by atoms with Gasteiger partial charge in [0.05, 0.1) is 39.4 Å². The highest BCUT2D eigenvalue weighted by Gasteiger charge is 2.71. The van der Waals surface area contributed by atoms with Crippen molar-refractivity contribution in [1.82, 2.24) is 14.7 Å². The van der Waals surface area contributed by atoms with Crippen molar-refractivity contribution in [2.24, 2.45) is 87.3 Å². The Morgan fingerprint density at radius 2 is 0.748 bits per heavy atom. The lowest BCUT2D eigenvalue weighted by Crippen LogP contribution is -2.48. The summed E-state index contributed by atoms with van der Waals surface area (Å²) in [5, 5.41) is 0. The maximum absolute atomic E-state index is 14.2. The maximum atomic E-state index is 14.2. The lowest BCUT2D eigenvalue weighted by Gasteiger charge is -2.33. The lowest BCUT2D eigenvalue weighted by atomic mass is 9.84. The number of ether oxygens (including phenoxy) is 1. The number of aldehydes is 1. The SMILES string of the molecule is CC(=O)OC(C(=O)CCS(=O)(=O)c1ccc(C)cc1)[C@@H]1CCCCCCCCCC[C@H](C)C(=O)N2CC3C([C@H]2C(=O)C1)C3(C)C.C[C@H]1CCCCCCCCCC[C@@H](C=O)CC(=O)[C@@H]2C3C(CN2C1=O)C3(C)C.Cc1ccc(S(=O)(=O)CCC(=O)C(=O)[C@@H]2CCCCCCCCCC[C@H](C)C(=O)N3CC4C([C@H]3C(=O)C2)C4(C)C)cc1. The lowest BCUT2D eigenvalue weighted by molar-refractivity contribution is -0.157. The summed E-state index contributed by atoms with van der Waals surface area (Å²) >= 11 is 0. The van der Waals surface area contributed by atoms with Gasteiger partial charge in [-0.2, -0.15) is 0 Å². The summed E-state index contributed by atoms with van der Waals surface area (Å²) in [6.45, 7) is 25.8. The average Bonchev–Trinajstić information content (AvgIpc) is 1.54. The maximum Gasteiger partial charge on any atom is 0.303 e. The zero-order chi connectivity index (χ0) is 83.9. The van der Waals surface area contributed by atoms with Gasteiger partial charge in [0.25, 0.3) is 0 Å².